The van der Waals surface area contributed by atoms with Gasteiger partial charge in [-0.3, -0.25) is 4.79 Å². The highest BCUT2D eigenvalue weighted by Gasteiger charge is 2.21. The molecule has 0 aromatic heterocycles. The predicted molar refractivity (Wildman–Crippen MR) is 75.3 cm³/mol. The molecule has 0 unspecified atom stereocenters. The summed E-state index contributed by atoms with van der Waals surface area (Å²) >= 11 is 0. The Kier molecular flexibility index (Phi) is 5.49. The van der Waals surface area contributed by atoms with Crippen molar-refractivity contribution in [2.45, 2.75) is 4.90 Å². The number of nitrogens with two attached hydrogens (primary N) is 1. The van der Waals surface area contributed by atoms with E-state index in [9.17, 15) is 13.2 Å². The summed E-state index contributed by atoms with van der Waals surface area (Å²) < 4.78 is 30.3. The normalized spacial score (nSPS) is 11.4. The zero-order chi connectivity index (χ0) is 15.3. The number of carbonyl (C=O) groups is 1. The van der Waals surface area contributed by atoms with E-state index in [1.165, 1.54) is 39.4 Å². The molecule has 0 aliphatic carbocycles. The highest BCUT2D eigenvalue weighted by molar-refractivity contribution is 7.89. The van der Waals surface area contributed by atoms with Crippen molar-refractivity contribution < 1.29 is 17.9 Å². The van der Waals surface area contributed by atoms with Crippen LogP contribution in [-0.2, 0) is 10.0 Å². The van der Waals surface area contributed by atoms with E-state index >= 15 is 0 Å². The molecule has 0 fully saturated rings. The summed E-state index contributed by atoms with van der Waals surface area (Å²) in [6.45, 7) is 0.594. The number of methoxy groups -OCH3 is 1. The largest absolute Gasteiger partial charge is 0.496 e. The van der Waals surface area contributed by atoms with Gasteiger partial charge in [0.2, 0.25) is 10.0 Å². The summed E-state index contributed by atoms with van der Waals surface area (Å²) in [6.07, 6.45) is 0. The molecule has 20 heavy (non-hydrogen) atoms. The molecule has 1 amide bonds. The van der Waals surface area contributed by atoms with E-state index in [-0.39, 0.29) is 10.5 Å². The first-order valence-electron chi connectivity index (χ1n) is 5.93. The lowest BCUT2D eigenvalue weighted by atomic mass is 10.2. The lowest BCUT2D eigenvalue weighted by molar-refractivity contribution is 0.0951. The fourth-order valence-corrected chi connectivity index (χ4v) is 2.45. The molecule has 0 spiro atoms. The van der Waals surface area contributed by atoms with Gasteiger partial charge in [0.15, 0.2) is 0 Å². The number of carbonyl (C=O) groups excluding carboxylic acids is 1. The molecule has 0 saturated heterocycles. The van der Waals surface area contributed by atoms with E-state index in [4.69, 9.17) is 10.5 Å². The Bertz CT molecular complexity index is 584. The van der Waals surface area contributed by atoms with Crippen LogP contribution in [0.3, 0.4) is 0 Å². The summed E-state index contributed by atoms with van der Waals surface area (Å²) in [5.41, 5.74) is 5.47. The first kappa shape index (κ1) is 16.4. The standard InChI is InChI=1S/C12H19N3O4S/c1-15(2)20(17,18)9-4-5-11(19-3)10(8-9)12(16)14-7-6-13/h4-5,8H,6-7,13H2,1-3H3,(H,14,16). The summed E-state index contributed by atoms with van der Waals surface area (Å²) in [4.78, 5) is 12.0. The van der Waals surface area contributed by atoms with Crippen LogP contribution in [-0.4, -0.2) is 52.9 Å². The SMILES string of the molecule is COc1ccc(S(=O)(=O)N(C)C)cc1C(=O)NCCN. The molecule has 7 nitrogen and oxygen atoms in total. The van der Waals surface area contributed by atoms with Gasteiger partial charge in [0.1, 0.15) is 5.75 Å². The zero-order valence-corrected chi connectivity index (χ0v) is 12.5. The zero-order valence-electron chi connectivity index (χ0n) is 11.7. The van der Waals surface area contributed by atoms with Crippen LogP contribution in [0.5, 0.6) is 5.75 Å². The first-order chi connectivity index (χ1) is 9.34. The lowest BCUT2D eigenvalue weighted by Crippen LogP contribution is -2.29. The van der Waals surface area contributed by atoms with E-state index in [0.717, 1.165) is 4.31 Å². The number of nitrogens with one attached hydrogen (secondary N) is 1. The highest BCUT2D eigenvalue weighted by atomic mass is 32.2. The van der Waals surface area contributed by atoms with E-state index < -0.39 is 15.9 Å². The molecule has 0 aliphatic heterocycles. The van der Waals surface area contributed by atoms with Gasteiger partial charge in [0.05, 0.1) is 17.6 Å². The van der Waals surface area contributed by atoms with Crippen LogP contribution in [0.1, 0.15) is 10.4 Å². The summed E-state index contributed by atoms with van der Waals surface area (Å²) in [6, 6.07) is 4.14. The number of rotatable bonds is 6. The Morgan fingerprint density at radius 2 is 2.05 bits per heavy atom. The van der Waals surface area contributed by atoms with Crippen LogP contribution >= 0.6 is 0 Å². The summed E-state index contributed by atoms with van der Waals surface area (Å²) in [7, 11) is 0.655. The summed E-state index contributed by atoms with van der Waals surface area (Å²) in [5, 5.41) is 2.58. The number of ether oxygens (including phenoxy) is 1. The molecule has 3 N–H and O–H groups in total. The maximum Gasteiger partial charge on any atom is 0.255 e. The molecule has 0 aliphatic rings. The number of benzene rings is 1. The number of hydrogen-bond acceptors (Lipinski definition) is 5. The number of nitrogens with zero attached hydrogens (tertiary/aromatic N) is 1. The Balaban J connectivity index is 3.25. The van der Waals surface area contributed by atoms with Crippen LogP contribution < -0.4 is 15.8 Å². The minimum Gasteiger partial charge on any atom is -0.496 e. The van der Waals surface area contributed by atoms with E-state index in [1.807, 2.05) is 0 Å². The van der Waals surface area contributed by atoms with Crippen molar-refractivity contribution in [3.8, 4) is 5.75 Å². The van der Waals surface area contributed by atoms with Gasteiger partial charge < -0.3 is 15.8 Å². The number of amides is 1. The van der Waals surface area contributed by atoms with Gasteiger partial charge in [-0.25, -0.2) is 12.7 Å². The van der Waals surface area contributed by atoms with Gasteiger partial charge in [-0.05, 0) is 18.2 Å². The van der Waals surface area contributed by atoms with Gasteiger partial charge in [0.25, 0.3) is 5.91 Å². The highest BCUT2D eigenvalue weighted by Crippen LogP contribution is 2.23. The second kappa shape index (κ2) is 6.69. The molecule has 112 valence electrons. The Morgan fingerprint density at radius 3 is 2.55 bits per heavy atom. The van der Waals surface area contributed by atoms with Crippen molar-refractivity contribution in [2.24, 2.45) is 5.73 Å². The van der Waals surface area contributed by atoms with E-state index in [1.54, 1.807) is 0 Å². The molecule has 1 aromatic rings. The smallest absolute Gasteiger partial charge is 0.255 e. The third kappa shape index (κ3) is 3.47. The average Bonchev–Trinajstić information content (AvgIpc) is 2.43. The van der Waals surface area contributed by atoms with E-state index in [0.29, 0.717) is 18.8 Å². The predicted octanol–water partition coefficient (Wildman–Crippen LogP) is -0.366. The maximum atomic E-state index is 12.1. The topological polar surface area (TPSA) is 102 Å². The third-order valence-electron chi connectivity index (χ3n) is 2.62. The second-order valence-electron chi connectivity index (χ2n) is 4.19. The molecule has 1 aromatic carbocycles. The Morgan fingerprint density at radius 1 is 1.40 bits per heavy atom. The second-order valence-corrected chi connectivity index (χ2v) is 6.35. The van der Waals surface area contributed by atoms with Crippen LogP contribution in [0.2, 0.25) is 0 Å². The van der Waals surface area contributed by atoms with Crippen molar-refractivity contribution in [2.75, 3.05) is 34.3 Å². The molecule has 8 heteroatoms. The minimum atomic E-state index is -3.61. The average molecular weight is 301 g/mol. The fraction of sp³-hybridized carbons (Fsp3) is 0.417. The maximum absolute atomic E-state index is 12.1. The molecular weight excluding hydrogens is 282 g/mol. The monoisotopic (exact) mass is 301 g/mol. The van der Waals surface area contributed by atoms with Crippen LogP contribution in [0.25, 0.3) is 0 Å². The fourth-order valence-electron chi connectivity index (χ4n) is 1.52. The van der Waals surface area contributed by atoms with Gasteiger partial charge in [-0.2, -0.15) is 0 Å². The van der Waals surface area contributed by atoms with Crippen molar-refractivity contribution in [3.05, 3.63) is 23.8 Å². The van der Waals surface area contributed by atoms with Crippen molar-refractivity contribution in [3.63, 3.8) is 0 Å². The Labute approximate surface area is 118 Å². The van der Waals surface area contributed by atoms with Gasteiger partial charge in [-0.15, -0.1) is 0 Å². The number of hydrogen-bond donors (Lipinski definition) is 2. The molecule has 0 atom stereocenters. The van der Waals surface area contributed by atoms with Crippen LogP contribution in [0.4, 0.5) is 0 Å². The molecule has 0 bridgehead atoms. The third-order valence-corrected chi connectivity index (χ3v) is 4.44. The molecular formula is C12H19N3O4S. The quantitative estimate of drug-likeness (QED) is 0.746. The van der Waals surface area contributed by atoms with Gasteiger partial charge in [-0.1, -0.05) is 0 Å². The van der Waals surface area contributed by atoms with Crippen molar-refractivity contribution >= 4 is 15.9 Å². The summed E-state index contributed by atoms with van der Waals surface area (Å²) in [5.74, 6) is -0.125. The van der Waals surface area contributed by atoms with Crippen LogP contribution in [0, 0.1) is 0 Å². The lowest BCUT2D eigenvalue weighted by Gasteiger charge is -2.14. The van der Waals surface area contributed by atoms with Crippen molar-refractivity contribution in [1.29, 1.82) is 0 Å². The molecule has 1 rings (SSSR count). The van der Waals surface area contributed by atoms with Crippen LogP contribution in [0.15, 0.2) is 23.1 Å². The molecule has 0 radical (unpaired) electrons. The first-order valence-corrected chi connectivity index (χ1v) is 7.37. The number of sulfonamides is 1. The van der Waals surface area contributed by atoms with E-state index in [2.05, 4.69) is 5.32 Å². The van der Waals surface area contributed by atoms with Gasteiger partial charge in [0, 0.05) is 27.2 Å². The van der Waals surface area contributed by atoms with Crippen molar-refractivity contribution in [1.82, 2.24) is 9.62 Å². The Hall–Kier alpha value is -1.64. The minimum absolute atomic E-state index is 0.0289. The van der Waals surface area contributed by atoms with Gasteiger partial charge >= 0.3 is 0 Å². The molecule has 0 saturated carbocycles. The molecule has 0 heterocycles.